The highest BCUT2D eigenvalue weighted by atomic mass is 32.1. The van der Waals surface area contributed by atoms with Gasteiger partial charge in [0.2, 0.25) is 5.91 Å². The maximum absolute atomic E-state index is 12.7. The number of amides is 1. The van der Waals surface area contributed by atoms with Crippen LogP contribution in [0.1, 0.15) is 18.7 Å². The van der Waals surface area contributed by atoms with Crippen LogP contribution in [0.4, 0.5) is 10.9 Å². The molecular formula is C19H19N7OS. The second kappa shape index (κ2) is 6.83. The standard InChI is InChI=1S/C19H19N7OS/c1-12-22-23-16-6-7-17(24-26(12)16)25-10-8-13(9-11-25)18(27)21-19-20-14-4-2-3-5-15(14)28-19/h2-7,13H,8-11H2,1H3,(H,20,21,27). The molecule has 3 aromatic heterocycles. The van der Waals surface area contributed by atoms with E-state index < -0.39 is 0 Å². The van der Waals surface area contributed by atoms with Gasteiger partial charge in [-0.2, -0.15) is 4.52 Å². The maximum Gasteiger partial charge on any atom is 0.229 e. The van der Waals surface area contributed by atoms with Crippen LogP contribution in [0.5, 0.6) is 0 Å². The van der Waals surface area contributed by atoms with Crippen LogP contribution in [0.2, 0.25) is 0 Å². The molecule has 8 nitrogen and oxygen atoms in total. The summed E-state index contributed by atoms with van der Waals surface area (Å²) < 4.78 is 2.83. The molecule has 5 rings (SSSR count). The maximum atomic E-state index is 12.7. The lowest BCUT2D eigenvalue weighted by atomic mass is 9.96. The van der Waals surface area contributed by atoms with Gasteiger partial charge >= 0.3 is 0 Å². The number of piperidine rings is 1. The number of carbonyl (C=O) groups is 1. The summed E-state index contributed by atoms with van der Waals surface area (Å²) in [5.41, 5.74) is 1.66. The van der Waals surface area contributed by atoms with E-state index in [4.69, 9.17) is 0 Å². The lowest BCUT2D eigenvalue weighted by molar-refractivity contribution is -0.120. The number of carbonyl (C=O) groups excluding carboxylic acids is 1. The number of benzene rings is 1. The third kappa shape index (κ3) is 3.07. The predicted octanol–water partition coefficient (Wildman–Crippen LogP) is 2.90. The highest BCUT2D eigenvalue weighted by Gasteiger charge is 2.26. The Kier molecular flexibility index (Phi) is 4.16. The Hall–Kier alpha value is -3.07. The summed E-state index contributed by atoms with van der Waals surface area (Å²) in [4.78, 5) is 19.4. The number of para-hydroxylation sites is 1. The Morgan fingerprint density at radius 3 is 2.79 bits per heavy atom. The number of thiazole rings is 1. The SMILES string of the molecule is Cc1nnc2ccc(N3CCC(C(=O)Nc4nc5ccccc5s4)CC3)nn12. The molecule has 0 atom stereocenters. The second-order valence-corrected chi connectivity index (χ2v) is 7.98. The Balaban J connectivity index is 1.24. The number of fused-ring (bicyclic) bond motifs is 2. The van der Waals surface area contributed by atoms with Crippen LogP contribution in [0.3, 0.4) is 0 Å². The number of aromatic nitrogens is 5. The first-order valence-electron chi connectivity index (χ1n) is 9.28. The largest absolute Gasteiger partial charge is 0.355 e. The second-order valence-electron chi connectivity index (χ2n) is 6.95. The molecule has 0 unspecified atom stereocenters. The van der Waals surface area contributed by atoms with E-state index in [-0.39, 0.29) is 11.8 Å². The van der Waals surface area contributed by atoms with Gasteiger partial charge in [-0.25, -0.2) is 4.98 Å². The molecule has 1 saturated heterocycles. The van der Waals surface area contributed by atoms with E-state index in [1.165, 1.54) is 11.3 Å². The fraction of sp³-hybridized carbons (Fsp3) is 0.316. The summed E-state index contributed by atoms with van der Waals surface area (Å²) >= 11 is 1.51. The molecule has 9 heteroatoms. The van der Waals surface area contributed by atoms with Crippen molar-refractivity contribution in [3.8, 4) is 0 Å². The van der Waals surface area contributed by atoms with Gasteiger partial charge in [0.1, 0.15) is 5.82 Å². The van der Waals surface area contributed by atoms with Gasteiger partial charge in [0.25, 0.3) is 0 Å². The first kappa shape index (κ1) is 17.1. The average Bonchev–Trinajstić information content (AvgIpc) is 3.30. The van der Waals surface area contributed by atoms with E-state index in [1.807, 2.05) is 43.3 Å². The number of nitrogens with zero attached hydrogens (tertiary/aromatic N) is 6. The molecule has 0 bridgehead atoms. The minimum atomic E-state index is -0.0105. The van der Waals surface area contributed by atoms with Crippen LogP contribution in [0, 0.1) is 12.8 Å². The number of aryl methyl sites for hydroxylation is 1. The van der Waals surface area contributed by atoms with Gasteiger partial charge in [-0.1, -0.05) is 23.5 Å². The Morgan fingerprint density at radius 1 is 1.14 bits per heavy atom. The van der Waals surface area contributed by atoms with Gasteiger partial charge in [0.05, 0.1) is 10.2 Å². The molecular weight excluding hydrogens is 374 g/mol. The van der Waals surface area contributed by atoms with E-state index in [2.05, 4.69) is 30.5 Å². The van der Waals surface area contributed by atoms with Crippen LogP contribution >= 0.6 is 11.3 Å². The number of hydrogen-bond donors (Lipinski definition) is 1. The molecule has 0 spiro atoms. The minimum Gasteiger partial charge on any atom is -0.355 e. The van der Waals surface area contributed by atoms with Crippen molar-refractivity contribution in [2.75, 3.05) is 23.3 Å². The molecule has 0 aliphatic carbocycles. The molecule has 142 valence electrons. The first-order chi connectivity index (χ1) is 13.7. The van der Waals surface area contributed by atoms with E-state index in [9.17, 15) is 4.79 Å². The van der Waals surface area contributed by atoms with Gasteiger partial charge in [-0.3, -0.25) is 4.79 Å². The van der Waals surface area contributed by atoms with Crippen molar-refractivity contribution in [1.29, 1.82) is 0 Å². The van der Waals surface area contributed by atoms with Crippen LogP contribution in [-0.2, 0) is 4.79 Å². The lowest BCUT2D eigenvalue weighted by Gasteiger charge is -2.31. The summed E-state index contributed by atoms with van der Waals surface area (Å²) in [6.45, 7) is 3.46. The third-order valence-electron chi connectivity index (χ3n) is 5.12. The van der Waals surface area contributed by atoms with Crippen molar-refractivity contribution in [1.82, 2.24) is 24.8 Å². The molecule has 1 fully saturated rings. The fourth-order valence-electron chi connectivity index (χ4n) is 3.56. The molecule has 1 aromatic carbocycles. The van der Waals surface area contributed by atoms with Crippen LogP contribution in [-0.4, -0.2) is 43.8 Å². The van der Waals surface area contributed by atoms with Gasteiger partial charge in [-0.05, 0) is 44.0 Å². The summed E-state index contributed by atoms with van der Waals surface area (Å²) in [7, 11) is 0. The third-order valence-corrected chi connectivity index (χ3v) is 6.07. The minimum absolute atomic E-state index is 0.0105. The summed E-state index contributed by atoms with van der Waals surface area (Å²) in [6, 6.07) is 11.8. The normalized spacial score (nSPS) is 15.4. The van der Waals surface area contributed by atoms with Gasteiger partial charge in [0.15, 0.2) is 16.6 Å². The topological polar surface area (TPSA) is 88.3 Å². The number of nitrogens with one attached hydrogen (secondary N) is 1. The van der Waals surface area contributed by atoms with Crippen molar-refractivity contribution in [3.63, 3.8) is 0 Å². The van der Waals surface area contributed by atoms with Crippen molar-refractivity contribution in [2.45, 2.75) is 19.8 Å². The molecule has 1 amide bonds. The summed E-state index contributed by atoms with van der Waals surface area (Å²) in [5, 5.41) is 16.4. The number of rotatable bonds is 3. The van der Waals surface area contributed by atoms with Gasteiger partial charge in [0, 0.05) is 19.0 Å². The zero-order valence-corrected chi connectivity index (χ0v) is 16.2. The smallest absolute Gasteiger partial charge is 0.229 e. The Bertz CT molecular complexity index is 1130. The van der Waals surface area contributed by atoms with Crippen molar-refractivity contribution in [2.24, 2.45) is 5.92 Å². The monoisotopic (exact) mass is 393 g/mol. The molecule has 1 N–H and O–H groups in total. The Morgan fingerprint density at radius 2 is 1.96 bits per heavy atom. The van der Waals surface area contributed by atoms with Crippen LogP contribution < -0.4 is 10.2 Å². The van der Waals surface area contributed by atoms with Gasteiger partial charge in [-0.15, -0.1) is 15.3 Å². The quantitative estimate of drug-likeness (QED) is 0.576. The van der Waals surface area contributed by atoms with E-state index >= 15 is 0 Å². The van der Waals surface area contributed by atoms with E-state index in [0.29, 0.717) is 5.13 Å². The van der Waals surface area contributed by atoms with Crippen LogP contribution in [0.15, 0.2) is 36.4 Å². The Labute approximate surface area is 165 Å². The molecule has 28 heavy (non-hydrogen) atoms. The summed E-state index contributed by atoms with van der Waals surface area (Å²) in [5.74, 6) is 1.70. The average molecular weight is 393 g/mol. The highest BCUT2D eigenvalue weighted by Crippen LogP contribution is 2.27. The molecule has 0 saturated carbocycles. The molecule has 0 radical (unpaired) electrons. The van der Waals surface area contributed by atoms with Crippen molar-refractivity contribution < 1.29 is 4.79 Å². The highest BCUT2D eigenvalue weighted by molar-refractivity contribution is 7.22. The number of anilines is 2. The van der Waals surface area contributed by atoms with E-state index in [1.54, 1.807) is 4.52 Å². The van der Waals surface area contributed by atoms with Crippen molar-refractivity contribution >= 4 is 44.1 Å². The zero-order chi connectivity index (χ0) is 19.1. The van der Waals surface area contributed by atoms with Crippen molar-refractivity contribution in [3.05, 3.63) is 42.2 Å². The fourth-order valence-corrected chi connectivity index (χ4v) is 4.43. The molecule has 1 aliphatic rings. The lowest BCUT2D eigenvalue weighted by Crippen LogP contribution is -2.38. The van der Waals surface area contributed by atoms with Gasteiger partial charge < -0.3 is 10.2 Å². The van der Waals surface area contributed by atoms with E-state index in [0.717, 1.165) is 53.4 Å². The first-order valence-corrected chi connectivity index (χ1v) is 10.1. The predicted molar refractivity (Wildman–Crippen MR) is 109 cm³/mol. The molecule has 4 heterocycles. The zero-order valence-electron chi connectivity index (χ0n) is 15.4. The summed E-state index contributed by atoms with van der Waals surface area (Å²) in [6.07, 6.45) is 1.58. The molecule has 1 aliphatic heterocycles. The van der Waals surface area contributed by atoms with Crippen LogP contribution in [0.25, 0.3) is 15.9 Å². The number of hydrogen-bond acceptors (Lipinski definition) is 7. The molecule has 4 aromatic rings.